The first-order valence-corrected chi connectivity index (χ1v) is 5.78. The van der Waals surface area contributed by atoms with Crippen LogP contribution in [0.4, 0.5) is 11.5 Å². The Kier molecular flexibility index (Phi) is 2.82. The zero-order valence-corrected chi connectivity index (χ0v) is 10.1. The first-order valence-electron chi connectivity index (χ1n) is 5.78. The second-order valence-corrected chi connectivity index (χ2v) is 3.96. The molecular formula is C13H12N6. The van der Waals surface area contributed by atoms with Gasteiger partial charge in [-0.1, -0.05) is 30.3 Å². The molecule has 0 radical (unpaired) electrons. The van der Waals surface area contributed by atoms with E-state index in [4.69, 9.17) is 5.84 Å². The predicted octanol–water partition coefficient (Wildman–Crippen LogP) is 1.80. The van der Waals surface area contributed by atoms with Crippen LogP contribution < -0.4 is 11.2 Å². The molecule has 2 aromatic heterocycles. The maximum atomic E-state index is 5.79. The van der Waals surface area contributed by atoms with Gasteiger partial charge in [0, 0.05) is 23.6 Å². The van der Waals surface area contributed by atoms with Gasteiger partial charge in [0.25, 0.3) is 0 Å². The number of rotatable bonds is 3. The van der Waals surface area contributed by atoms with E-state index >= 15 is 0 Å². The van der Waals surface area contributed by atoms with Gasteiger partial charge in [-0.3, -0.25) is 4.98 Å². The molecule has 0 unspecified atom stereocenters. The molecule has 0 atom stereocenters. The minimum atomic E-state index is 0.636. The average Bonchev–Trinajstić information content (AvgIpc) is 2.82. The summed E-state index contributed by atoms with van der Waals surface area (Å²) < 4.78 is 0. The van der Waals surface area contributed by atoms with E-state index in [1.165, 1.54) is 4.79 Å². The van der Waals surface area contributed by atoms with Gasteiger partial charge in [0.15, 0.2) is 5.82 Å². The molecule has 0 spiro atoms. The van der Waals surface area contributed by atoms with Gasteiger partial charge in [0.05, 0.1) is 0 Å². The average molecular weight is 252 g/mol. The molecule has 94 valence electrons. The topological polar surface area (TPSA) is 81.7 Å². The highest BCUT2D eigenvalue weighted by Gasteiger charge is 2.13. The third-order valence-corrected chi connectivity index (χ3v) is 2.68. The minimum absolute atomic E-state index is 0.636. The standard InChI is InChI=1S/C13H12N6/c14-19-13(16-11-6-8-15-9-7-11)12(17-18-19)10-4-2-1-3-5-10/h1-9H,14H2,(H,15,16). The van der Waals surface area contributed by atoms with E-state index in [0.717, 1.165) is 11.3 Å². The molecule has 0 aliphatic heterocycles. The van der Waals surface area contributed by atoms with Gasteiger partial charge in [0.1, 0.15) is 5.69 Å². The Bertz CT molecular complexity index is 662. The summed E-state index contributed by atoms with van der Waals surface area (Å²) in [6.07, 6.45) is 3.41. The van der Waals surface area contributed by atoms with Crippen molar-refractivity contribution in [2.75, 3.05) is 11.2 Å². The fraction of sp³-hybridized carbons (Fsp3) is 0. The molecule has 0 amide bonds. The number of nitrogen functional groups attached to an aromatic ring is 1. The molecule has 6 heteroatoms. The number of anilines is 2. The van der Waals surface area contributed by atoms with E-state index in [2.05, 4.69) is 20.6 Å². The third-order valence-electron chi connectivity index (χ3n) is 2.68. The summed E-state index contributed by atoms with van der Waals surface area (Å²) in [5.74, 6) is 6.43. The van der Waals surface area contributed by atoms with E-state index in [0.29, 0.717) is 11.5 Å². The smallest absolute Gasteiger partial charge is 0.180 e. The number of nitrogens with one attached hydrogen (secondary N) is 1. The van der Waals surface area contributed by atoms with E-state index in [9.17, 15) is 0 Å². The fourth-order valence-electron chi connectivity index (χ4n) is 1.77. The van der Waals surface area contributed by atoms with E-state index in [-0.39, 0.29) is 0 Å². The van der Waals surface area contributed by atoms with Gasteiger partial charge in [0.2, 0.25) is 0 Å². The van der Waals surface area contributed by atoms with Gasteiger partial charge in [-0.2, -0.15) is 0 Å². The Morgan fingerprint density at radius 1 is 1.00 bits per heavy atom. The lowest BCUT2D eigenvalue weighted by Gasteiger charge is -2.07. The quantitative estimate of drug-likeness (QED) is 0.694. The molecule has 0 saturated carbocycles. The van der Waals surface area contributed by atoms with Crippen LogP contribution in [0, 0.1) is 0 Å². The van der Waals surface area contributed by atoms with Crippen LogP contribution in [0.5, 0.6) is 0 Å². The highest BCUT2D eigenvalue weighted by molar-refractivity contribution is 5.74. The molecule has 6 nitrogen and oxygen atoms in total. The van der Waals surface area contributed by atoms with Crippen LogP contribution in [0.15, 0.2) is 54.9 Å². The Morgan fingerprint density at radius 3 is 2.47 bits per heavy atom. The van der Waals surface area contributed by atoms with Crippen molar-refractivity contribution >= 4 is 11.5 Å². The highest BCUT2D eigenvalue weighted by atomic mass is 15.6. The highest BCUT2D eigenvalue weighted by Crippen LogP contribution is 2.26. The van der Waals surface area contributed by atoms with Crippen LogP contribution in [0.3, 0.4) is 0 Å². The second kappa shape index (κ2) is 4.77. The molecule has 0 fully saturated rings. The van der Waals surface area contributed by atoms with Crippen molar-refractivity contribution in [2.24, 2.45) is 0 Å². The Hall–Kier alpha value is -2.89. The van der Waals surface area contributed by atoms with Crippen LogP contribution in [0.1, 0.15) is 0 Å². The predicted molar refractivity (Wildman–Crippen MR) is 73.1 cm³/mol. The second-order valence-electron chi connectivity index (χ2n) is 3.96. The van der Waals surface area contributed by atoms with Crippen molar-refractivity contribution in [3.63, 3.8) is 0 Å². The molecule has 3 rings (SSSR count). The number of pyridine rings is 1. The van der Waals surface area contributed by atoms with Crippen molar-refractivity contribution in [3.8, 4) is 11.3 Å². The normalized spacial score (nSPS) is 10.3. The number of hydrogen-bond donors (Lipinski definition) is 2. The molecule has 0 saturated heterocycles. The maximum absolute atomic E-state index is 5.79. The largest absolute Gasteiger partial charge is 0.337 e. The van der Waals surface area contributed by atoms with Crippen LogP contribution in [0.25, 0.3) is 11.3 Å². The summed E-state index contributed by atoms with van der Waals surface area (Å²) in [4.78, 5) is 5.19. The monoisotopic (exact) mass is 252 g/mol. The Labute approximate surface area is 109 Å². The van der Waals surface area contributed by atoms with Crippen molar-refractivity contribution < 1.29 is 0 Å². The van der Waals surface area contributed by atoms with Crippen molar-refractivity contribution in [1.29, 1.82) is 0 Å². The van der Waals surface area contributed by atoms with Crippen LogP contribution >= 0.6 is 0 Å². The number of benzene rings is 1. The summed E-state index contributed by atoms with van der Waals surface area (Å²) in [7, 11) is 0. The van der Waals surface area contributed by atoms with Crippen molar-refractivity contribution in [2.45, 2.75) is 0 Å². The van der Waals surface area contributed by atoms with E-state index in [1.807, 2.05) is 42.5 Å². The zero-order chi connectivity index (χ0) is 13.1. The lowest BCUT2D eigenvalue weighted by Crippen LogP contribution is -2.13. The molecule has 3 aromatic rings. The maximum Gasteiger partial charge on any atom is 0.180 e. The summed E-state index contributed by atoms with van der Waals surface area (Å²) >= 11 is 0. The van der Waals surface area contributed by atoms with E-state index < -0.39 is 0 Å². The summed E-state index contributed by atoms with van der Waals surface area (Å²) in [6, 6.07) is 13.5. The van der Waals surface area contributed by atoms with Gasteiger partial charge in [-0.05, 0) is 17.3 Å². The van der Waals surface area contributed by atoms with E-state index in [1.54, 1.807) is 12.4 Å². The molecule has 2 heterocycles. The number of nitrogens with zero attached hydrogens (tertiary/aromatic N) is 4. The molecule has 0 aliphatic carbocycles. The molecule has 1 aromatic carbocycles. The molecular weight excluding hydrogens is 240 g/mol. The first-order chi connectivity index (χ1) is 9.34. The molecule has 0 bridgehead atoms. The Balaban J connectivity index is 2.00. The van der Waals surface area contributed by atoms with Crippen molar-refractivity contribution in [3.05, 3.63) is 54.9 Å². The number of aromatic nitrogens is 4. The van der Waals surface area contributed by atoms with Gasteiger partial charge >= 0.3 is 0 Å². The van der Waals surface area contributed by atoms with Gasteiger partial charge in [-0.25, -0.2) is 0 Å². The van der Waals surface area contributed by atoms with Crippen LogP contribution in [-0.4, -0.2) is 20.1 Å². The zero-order valence-electron chi connectivity index (χ0n) is 10.1. The molecule has 0 aliphatic rings. The fourth-order valence-corrected chi connectivity index (χ4v) is 1.77. The van der Waals surface area contributed by atoms with Crippen LogP contribution in [-0.2, 0) is 0 Å². The van der Waals surface area contributed by atoms with Gasteiger partial charge in [-0.15, -0.1) is 9.89 Å². The lowest BCUT2D eigenvalue weighted by atomic mass is 10.1. The summed E-state index contributed by atoms with van der Waals surface area (Å²) in [5.41, 5.74) is 2.54. The molecule has 19 heavy (non-hydrogen) atoms. The number of hydrogen-bond acceptors (Lipinski definition) is 5. The summed E-state index contributed by atoms with van der Waals surface area (Å²) in [6.45, 7) is 0. The summed E-state index contributed by atoms with van der Waals surface area (Å²) in [5, 5.41) is 11.1. The number of nitrogens with two attached hydrogens (primary N) is 1. The van der Waals surface area contributed by atoms with Crippen LogP contribution in [0.2, 0.25) is 0 Å². The lowest BCUT2D eigenvalue weighted by molar-refractivity contribution is 0.772. The molecule has 3 N–H and O–H groups in total. The first kappa shape index (κ1) is 11.2. The SMILES string of the molecule is Nn1nnc(-c2ccccc2)c1Nc1ccncc1. The Morgan fingerprint density at radius 2 is 1.74 bits per heavy atom. The van der Waals surface area contributed by atoms with Crippen molar-refractivity contribution in [1.82, 2.24) is 20.1 Å². The minimum Gasteiger partial charge on any atom is -0.337 e. The van der Waals surface area contributed by atoms with Gasteiger partial charge < -0.3 is 11.2 Å². The third kappa shape index (κ3) is 2.23.